The molecule has 1 amide bonds. The summed E-state index contributed by atoms with van der Waals surface area (Å²) in [6.45, 7) is 5.86. The van der Waals surface area contributed by atoms with Crippen LogP contribution in [0.5, 0.6) is 5.75 Å². The predicted octanol–water partition coefficient (Wildman–Crippen LogP) is 3.95. The van der Waals surface area contributed by atoms with Crippen LogP contribution in [0.15, 0.2) is 42.7 Å². The molecule has 0 spiro atoms. The number of amides is 1. The quantitative estimate of drug-likeness (QED) is 0.587. The minimum absolute atomic E-state index is 0.130. The summed E-state index contributed by atoms with van der Waals surface area (Å²) < 4.78 is 12.8. The lowest BCUT2D eigenvalue weighted by atomic mass is 9.93. The zero-order valence-corrected chi connectivity index (χ0v) is 19.1. The average molecular weight is 465 g/mol. The Morgan fingerprint density at radius 2 is 1.85 bits per heavy atom. The van der Waals surface area contributed by atoms with Gasteiger partial charge in [-0.25, -0.2) is 4.79 Å². The van der Waals surface area contributed by atoms with Crippen LogP contribution in [-0.4, -0.2) is 58.4 Å². The molecule has 3 aliphatic rings. The number of benzene rings is 2. The number of carbonyl (C=O) groups excluding carboxylic acids is 1. The first-order valence-corrected chi connectivity index (χ1v) is 11.7. The zero-order chi connectivity index (χ0) is 22.4. The molecule has 170 valence electrons. The first-order valence-electron chi connectivity index (χ1n) is 11.3. The summed E-state index contributed by atoms with van der Waals surface area (Å²) in [5.74, 6) is 1.00. The van der Waals surface area contributed by atoms with Gasteiger partial charge in [-0.15, -0.1) is 0 Å². The van der Waals surface area contributed by atoms with Gasteiger partial charge in [0.25, 0.3) is 0 Å². The Bertz CT molecular complexity index is 1220. The van der Waals surface area contributed by atoms with Crippen LogP contribution < -0.4 is 4.74 Å². The zero-order valence-electron chi connectivity index (χ0n) is 18.3. The smallest absolute Gasteiger partial charge is 0.344 e. The van der Waals surface area contributed by atoms with Crippen LogP contribution in [0.3, 0.4) is 0 Å². The molecule has 0 unspecified atom stereocenters. The normalized spacial score (nSPS) is 17.7. The fourth-order valence-electron chi connectivity index (χ4n) is 4.90. The Morgan fingerprint density at radius 1 is 1.03 bits per heavy atom. The fourth-order valence-corrected chi connectivity index (χ4v) is 5.04. The number of hydrogen-bond donors (Lipinski definition) is 0. The van der Waals surface area contributed by atoms with Gasteiger partial charge >= 0.3 is 6.03 Å². The standard InChI is InChI=1S/C25H25ClN4O3/c26-22-12-27-30(14-22)25(31)29-6-4-28(5-7-29)13-19-9-20-15-32-16-21(20)10-23(19)18-2-1-17-3-8-33-24(17)11-18/h1-2,9-12,14H,3-8,13,15-16H2. The van der Waals surface area contributed by atoms with E-state index in [4.69, 9.17) is 21.1 Å². The van der Waals surface area contributed by atoms with Crippen molar-refractivity contribution < 1.29 is 14.3 Å². The Labute approximate surface area is 197 Å². The van der Waals surface area contributed by atoms with Gasteiger partial charge in [-0.1, -0.05) is 29.8 Å². The van der Waals surface area contributed by atoms with Crippen LogP contribution in [0.4, 0.5) is 4.79 Å². The van der Waals surface area contributed by atoms with Crippen LogP contribution in [0.2, 0.25) is 5.02 Å². The van der Waals surface area contributed by atoms with Gasteiger partial charge in [0.05, 0.1) is 37.2 Å². The fraction of sp³-hybridized carbons (Fsp3) is 0.360. The molecule has 33 heavy (non-hydrogen) atoms. The van der Waals surface area contributed by atoms with Gasteiger partial charge in [-0.2, -0.15) is 9.78 Å². The van der Waals surface area contributed by atoms with E-state index < -0.39 is 0 Å². The monoisotopic (exact) mass is 464 g/mol. The second kappa shape index (κ2) is 8.48. The second-order valence-corrected chi connectivity index (χ2v) is 9.28. The van der Waals surface area contributed by atoms with E-state index in [1.807, 2.05) is 4.90 Å². The minimum Gasteiger partial charge on any atom is -0.493 e. The van der Waals surface area contributed by atoms with Crippen molar-refractivity contribution in [1.82, 2.24) is 19.6 Å². The number of rotatable bonds is 3. The Balaban J connectivity index is 1.21. The highest BCUT2D eigenvalue weighted by Gasteiger charge is 2.25. The third kappa shape index (κ3) is 4.01. The van der Waals surface area contributed by atoms with Crippen molar-refractivity contribution in [3.05, 3.63) is 70.0 Å². The van der Waals surface area contributed by atoms with Crippen molar-refractivity contribution in [3.63, 3.8) is 0 Å². The van der Waals surface area contributed by atoms with Crippen molar-refractivity contribution in [1.29, 1.82) is 0 Å². The third-order valence-corrected chi connectivity index (χ3v) is 6.93. The number of aromatic nitrogens is 2. The van der Waals surface area contributed by atoms with Gasteiger partial charge in [0.2, 0.25) is 0 Å². The lowest BCUT2D eigenvalue weighted by molar-refractivity contribution is 0.133. The molecule has 1 fully saturated rings. The summed E-state index contributed by atoms with van der Waals surface area (Å²) in [5, 5.41) is 4.50. The Hall–Kier alpha value is -2.87. The lowest BCUT2D eigenvalue weighted by Gasteiger charge is -2.34. The molecule has 0 saturated carbocycles. The van der Waals surface area contributed by atoms with Crippen molar-refractivity contribution in [3.8, 4) is 16.9 Å². The number of fused-ring (bicyclic) bond motifs is 2. The van der Waals surface area contributed by atoms with Gasteiger partial charge in [-0.3, -0.25) is 4.90 Å². The summed E-state index contributed by atoms with van der Waals surface area (Å²) in [4.78, 5) is 16.9. The molecule has 0 atom stereocenters. The van der Waals surface area contributed by atoms with Gasteiger partial charge in [-0.05, 0) is 45.5 Å². The highest BCUT2D eigenvalue weighted by molar-refractivity contribution is 6.30. The van der Waals surface area contributed by atoms with Gasteiger partial charge in [0.15, 0.2) is 0 Å². The predicted molar refractivity (Wildman–Crippen MR) is 124 cm³/mol. The van der Waals surface area contributed by atoms with E-state index in [0.717, 1.165) is 38.4 Å². The highest BCUT2D eigenvalue weighted by Crippen LogP contribution is 2.36. The van der Waals surface area contributed by atoms with Crippen LogP contribution in [0, 0.1) is 0 Å². The molecule has 7 nitrogen and oxygen atoms in total. The number of nitrogens with zero attached hydrogens (tertiary/aromatic N) is 4. The maximum atomic E-state index is 12.7. The largest absolute Gasteiger partial charge is 0.493 e. The van der Waals surface area contributed by atoms with Crippen molar-refractivity contribution in [2.45, 2.75) is 26.2 Å². The summed E-state index contributed by atoms with van der Waals surface area (Å²) in [5.41, 5.74) is 7.53. The highest BCUT2D eigenvalue weighted by atomic mass is 35.5. The molecule has 8 heteroatoms. The minimum atomic E-state index is -0.130. The van der Waals surface area contributed by atoms with Crippen molar-refractivity contribution in [2.75, 3.05) is 32.8 Å². The number of hydrogen-bond acceptors (Lipinski definition) is 5. The first kappa shape index (κ1) is 20.7. The summed E-state index contributed by atoms with van der Waals surface area (Å²) >= 11 is 5.91. The van der Waals surface area contributed by atoms with E-state index in [0.29, 0.717) is 31.3 Å². The van der Waals surface area contributed by atoms with E-state index in [-0.39, 0.29) is 6.03 Å². The average Bonchev–Trinajstić information content (AvgIpc) is 3.58. The number of piperazine rings is 1. The van der Waals surface area contributed by atoms with E-state index in [2.05, 4.69) is 40.3 Å². The Kier molecular flexibility index (Phi) is 5.32. The van der Waals surface area contributed by atoms with Crippen molar-refractivity contribution >= 4 is 17.6 Å². The van der Waals surface area contributed by atoms with Crippen molar-refractivity contribution in [2.24, 2.45) is 0 Å². The molecular formula is C25H25ClN4O3. The molecule has 0 aliphatic carbocycles. The van der Waals surface area contributed by atoms with Crippen LogP contribution in [0.1, 0.15) is 22.3 Å². The molecule has 1 aromatic heterocycles. The molecule has 1 saturated heterocycles. The number of halogens is 1. The molecule has 2 aromatic carbocycles. The number of carbonyl (C=O) groups is 1. The first-order chi connectivity index (χ1) is 16.1. The van der Waals surface area contributed by atoms with Gasteiger partial charge < -0.3 is 14.4 Å². The van der Waals surface area contributed by atoms with E-state index in [1.54, 1.807) is 6.20 Å². The molecule has 4 heterocycles. The van der Waals surface area contributed by atoms with E-state index >= 15 is 0 Å². The van der Waals surface area contributed by atoms with Crippen LogP contribution >= 0.6 is 11.6 Å². The maximum Gasteiger partial charge on any atom is 0.344 e. The van der Waals surface area contributed by atoms with Crippen LogP contribution in [0.25, 0.3) is 11.1 Å². The molecule has 0 N–H and O–H groups in total. The van der Waals surface area contributed by atoms with Gasteiger partial charge in [0, 0.05) is 39.1 Å². The lowest BCUT2D eigenvalue weighted by Crippen LogP contribution is -2.49. The third-order valence-electron chi connectivity index (χ3n) is 6.73. The molecule has 6 rings (SSSR count). The molecule has 3 aromatic rings. The summed E-state index contributed by atoms with van der Waals surface area (Å²) in [6, 6.07) is 11.0. The summed E-state index contributed by atoms with van der Waals surface area (Å²) in [6.07, 6.45) is 4.02. The number of ether oxygens (including phenoxy) is 2. The molecular weight excluding hydrogens is 440 g/mol. The molecule has 0 bridgehead atoms. The summed E-state index contributed by atoms with van der Waals surface area (Å²) in [7, 11) is 0. The van der Waals surface area contributed by atoms with E-state index in [9.17, 15) is 4.79 Å². The Morgan fingerprint density at radius 3 is 2.64 bits per heavy atom. The van der Waals surface area contributed by atoms with E-state index in [1.165, 1.54) is 44.3 Å². The topological polar surface area (TPSA) is 59.8 Å². The molecule has 0 radical (unpaired) electrons. The van der Waals surface area contributed by atoms with Gasteiger partial charge in [0.1, 0.15) is 5.75 Å². The van der Waals surface area contributed by atoms with Crippen LogP contribution in [-0.2, 0) is 30.9 Å². The molecule has 3 aliphatic heterocycles. The maximum absolute atomic E-state index is 12.7. The SMILES string of the molecule is O=C(N1CCN(Cc2cc3c(cc2-c2ccc4c(c2)OCC4)COC3)CC1)n1cc(Cl)cn1. The second-order valence-electron chi connectivity index (χ2n) is 8.84.